The first-order valence-corrected chi connectivity index (χ1v) is 11.9. The predicted octanol–water partition coefficient (Wildman–Crippen LogP) is -1.14. The number of hydrogen-bond donors (Lipinski definition) is 8. The third-order valence-corrected chi connectivity index (χ3v) is 6.19. The van der Waals surface area contributed by atoms with E-state index in [0.29, 0.717) is 18.5 Å². The standard InChI is InChI=1S/C24H31N5O8/c30-12-19(29-21(33)16-6-3-9-25-16)23(35)28-18(10-13-11-26-15-5-2-1-4-14(13)15)22(34)27-17(24(36)37)7-8-20(31)32/h1-2,4-5,11,16-19,25-26,30H,3,6-10,12H2,(H,27,34)(H,28,35)(H,29,33)(H,31,32)(H,36,37). The van der Waals surface area contributed by atoms with E-state index in [-0.39, 0.29) is 12.8 Å². The molecule has 1 aromatic carbocycles. The summed E-state index contributed by atoms with van der Waals surface area (Å²) in [6.45, 7) is -0.0599. The average molecular weight is 518 g/mol. The number of aliphatic carboxylic acids is 2. The van der Waals surface area contributed by atoms with Crippen molar-refractivity contribution in [2.24, 2.45) is 0 Å². The van der Waals surface area contributed by atoms with E-state index in [1.807, 2.05) is 18.2 Å². The Morgan fingerprint density at radius 1 is 0.973 bits per heavy atom. The number of carboxylic acids is 2. The van der Waals surface area contributed by atoms with Gasteiger partial charge in [0.1, 0.15) is 18.1 Å². The highest BCUT2D eigenvalue weighted by atomic mass is 16.4. The van der Waals surface area contributed by atoms with Crippen LogP contribution in [0.4, 0.5) is 0 Å². The molecular formula is C24H31N5O8. The molecule has 2 aromatic rings. The molecular weight excluding hydrogens is 486 g/mol. The van der Waals surface area contributed by atoms with Crippen LogP contribution in [0.3, 0.4) is 0 Å². The number of hydrogen-bond acceptors (Lipinski definition) is 7. The molecule has 0 saturated carbocycles. The van der Waals surface area contributed by atoms with E-state index in [0.717, 1.165) is 17.3 Å². The molecule has 13 heteroatoms. The molecule has 13 nitrogen and oxygen atoms in total. The Kier molecular flexibility index (Phi) is 9.57. The maximum atomic E-state index is 13.1. The van der Waals surface area contributed by atoms with Gasteiger partial charge in [0.15, 0.2) is 0 Å². The first kappa shape index (κ1) is 27.6. The van der Waals surface area contributed by atoms with E-state index in [2.05, 4.69) is 26.3 Å². The Balaban J connectivity index is 1.78. The van der Waals surface area contributed by atoms with Crippen LogP contribution in [0.25, 0.3) is 10.9 Å². The minimum Gasteiger partial charge on any atom is -0.481 e. The van der Waals surface area contributed by atoms with Gasteiger partial charge in [-0.15, -0.1) is 0 Å². The van der Waals surface area contributed by atoms with Gasteiger partial charge >= 0.3 is 11.9 Å². The first-order valence-electron chi connectivity index (χ1n) is 11.9. The molecule has 200 valence electrons. The zero-order valence-electron chi connectivity index (χ0n) is 20.0. The van der Waals surface area contributed by atoms with Gasteiger partial charge in [-0.05, 0) is 37.4 Å². The van der Waals surface area contributed by atoms with Crippen molar-refractivity contribution in [3.05, 3.63) is 36.0 Å². The molecule has 0 radical (unpaired) electrons. The molecule has 1 aliphatic heterocycles. The number of carboxylic acid groups (broad SMARTS) is 2. The fourth-order valence-corrected chi connectivity index (χ4v) is 4.17. The van der Waals surface area contributed by atoms with Crippen LogP contribution in [0.2, 0.25) is 0 Å². The number of amides is 3. The maximum absolute atomic E-state index is 13.1. The van der Waals surface area contributed by atoms with Gasteiger partial charge in [-0.2, -0.15) is 0 Å². The lowest BCUT2D eigenvalue weighted by atomic mass is 10.0. The summed E-state index contributed by atoms with van der Waals surface area (Å²) in [6.07, 6.45) is 2.17. The third-order valence-electron chi connectivity index (χ3n) is 6.19. The predicted molar refractivity (Wildman–Crippen MR) is 130 cm³/mol. The molecule has 1 aromatic heterocycles. The van der Waals surface area contributed by atoms with Gasteiger partial charge in [0.25, 0.3) is 0 Å². The monoisotopic (exact) mass is 517 g/mol. The number of aliphatic hydroxyl groups is 1. The van der Waals surface area contributed by atoms with Crippen molar-refractivity contribution in [1.29, 1.82) is 0 Å². The molecule has 4 unspecified atom stereocenters. The summed E-state index contributed by atoms with van der Waals surface area (Å²) in [5.41, 5.74) is 1.45. The minimum absolute atomic E-state index is 0.0386. The molecule has 0 bridgehead atoms. The average Bonchev–Trinajstić information content (AvgIpc) is 3.55. The molecule has 37 heavy (non-hydrogen) atoms. The summed E-state index contributed by atoms with van der Waals surface area (Å²) in [7, 11) is 0. The van der Waals surface area contributed by atoms with Crippen LogP contribution >= 0.6 is 0 Å². The van der Waals surface area contributed by atoms with Crippen molar-refractivity contribution in [1.82, 2.24) is 26.3 Å². The van der Waals surface area contributed by atoms with Crippen molar-refractivity contribution in [2.45, 2.75) is 56.3 Å². The van der Waals surface area contributed by atoms with Gasteiger partial charge in [-0.3, -0.25) is 19.2 Å². The Morgan fingerprint density at radius 3 is 2.32 bits per heavy atom. The van der Waals surface area contributed by atoms with E-state index < -0.39 is 66.9 Å². The zero-order chi connectivity index (χ0) is 26.9. The number of fused-ring (bicyclic) bond motifs is 1. The number of aromatic nitrogens is 1. The number of benzene rings is 1. The SMILES string of the molecule is O=C(O)CCC(NC(=O)C(Cc1c[nH]c2ccccc12)NC(=O)C(CO)NC(=O)C1CCCN1)C(=O)O. The lowest BCUT2D eigenvalue weighted by molar-refractivity contribution is -0.143. The van der Waals surface area contributed by atoms with E-state index >= 15 is 0 Å². The number of carbonyl (C=O) groups excluding carboxylic acids is 3. The number of rotatable bonds is 13. The number of aliphatic hydroxyl groups excluding tert-OH is 1. The number of aromatic amines is 1. The summed E-state index contributed by atoms with van der Waals surface area (Å²) in [5, 5.41) is 39.1. The maximum Gasteiger partial charge on any atom is 0.326 e. The highest BCUT2D eigenvalue weighted by molar-refractivity contribution is 5.95. The van der Waals surface area contributed by atoms with Crippen molar-refractivity contribution >= 4 is 40.6 Å². The van der Waals surface area contributed by atoms with Gasteiger partial charge in [0.05, 0.1) is 12.6 Å². The molecule has 4 atom stereocenters. The lowest BCUT2D eigenvalue weighted by Crippen LogP contribution is -2.58. The molecule has 8 N–H and O–H groups in total. The van der Waals surface area contributed by atoms with Crippen molar-refractivity contribution in [3.63, 3.8) is 0 Å². The van der Waals surface area contributed by atoms with Crippen LogP contribution in [0, 0.1) is 0 Å². The van der Waals surface area contributed by atoms with Crippen LogP contribution < -0.4 is 21.3 Å². The Morgan fingerprint density at radius 2 is 1.68 bits per heavy atom. The van der Waals surface area contributed by atoms with Gasteiger partial charge in [-0.25, -0.2) is 4.79 Å². The number of nitrogens with one attached hydrogen (secondary N) is 5. The van der Waals surface area contributed by atoms with E-state index in [4.69, 9.17) is 5.11 Å². The fourth-order valence-electron chi connectivity index (χ4n) is 4.17. The van der Waals surface area contributed by atoms with Crippen LogP contribution in [-0.4, -0.2) is 87.3 Å². The Bertz CT molecular complexity index is 1140. The number of H-pyrrole nitrogens is 1. The summed E-state index contributed by atoms with van der Waals surface area (Å²) in [5.74, 6) is -4.77. The van der Waals surface area contributed by atoms with Crippen LogP contribution in [0.15, 0.2) is 30.5 Å². The lowest BCUT2D eigenvalue weighted by Gasteiger charge is -2.24. The molecule has 1 fully saturated rings. The quantitative estimate of drug-likeness (QED) is 0.161. The van der Waals surface area contributed by atoms with Crippen LogP contribution in [0.1, 0.15) is 31.2 Å². The van der Waals surface area contributed by atoms with Crippen LogP contribution in [0.5, 0.6) is 0 Å². The first-order chi connectivity index (χ1) is 17.7. The third kappa shape index (κ3) is 7.51. The van der Waals surface area contributed by atoms with Crippen molar-refractivity contribution in [3.8, 4) is 0 Å². The second-order valence-electron chi connectivity index (χ2n) is 8.85. The van der Waals surface area contributed by atoms with Crippen molar-refractivity contribution < 1.29 is 39.3 Å². The smallest absolute Gasteiger partial charge is 0.326 e. The molecule has 1 aliphatic rings. The van der Waals surface area contributed by atoms with E-state index in [1.165, 1.54) is 0 Å². The summed E-state index contributed by atoms with van der Waals surface area (Å²) in [6, 6.07) is 2.66. The molecule has 0 aliphatic carbocycles. The second kappa shape index (κ2) is 12.8. The van der Waals surface area contributed by atoms with E-state index in [9.17, 15) is 34.2 Å². The fraction of sp³-hybridized carbons (Fsp3) is 0.458. The minimum atomic E-state index is -1.49. The topological polar surface area (TPSA) is 210 Å². The zero-order valence-corrected chi connectivity index (χ0v) is 20.0. The normalized spacial score (nSPS) is 17.5. The molecule has 1 saturated heterocycles. The molecule has 3 rings (SSSR count). The summed E-state index contributed by atoms with van der Waals surface area (Å²) >= 11 is 0. The van der Waals surface area contributed by atoms with E-state index in [1.54, 1.807) is 12.3 Å². The second-order valence-corrected chi connectivity index (χ2v) is 8.85. The Labute approximate surface area is 212 Å². The molecule has 0 spiro atoms. The highest BCUT2D eigenvalue weighted by Gasteiger charge is 2.32. The summed E-state index contributed by atoms with van der Waals surface area (Å²) < 4.78 is 0. The number of carbonyl (C=O) groups is 5. The summed E-state index contributed by atoms with van der Waals surface area (Å²) in [4.78, 5) is 64.1. The molecule has 2 heterocycles. The van der Waals surface area contributed by atoms with Gasteiger partial charge in [0, 0.05) is 29.9 Å². The highest BCUT2D eigenvalue weighted by Crippen LogP contribution is 2.19. The van der Waals surface area contributed by atoms with Crippen LogP contribution in [-0.2, 0) is 30.4 Å². The number of para-hydroxylation sites is 1. The largest absolute Gasteiger partial charge is 0.481 e. The molecule has 3 amide bonds. The van der Waals surface area contributed by atoms with Gasteiger partial charge in [0.2, 0.25) is 17.7 Å². The van der Waals surface area contributed by atoms with Crippen molar-refractivity contribution in [2.75, 3.05) is 13.2 Å². The Hall–Kier alpha value is -3.97. The van der Waals surface area contributed by atoms with Gasteiger partial charge in [-0.1, -0.05) is 18.2 Å². The van der Waals surface area contributed by atoms with Gasteiger partial charge < -0.3 is 41.6 Å².